The standard InChI is InChI=1S/C13H18N2O2/c1-10(15-7-5-14-6-8-15)11-3-2-4-12-13(11)17-9-16-12/h2-4,10,14H,5-9H2,1H3. The summed E-state index contributed by atoms with van der Waals surface area (Å²) >= 11 is 0. The molecule has 0 aliphatic carbocycles. The van der Waals surface area contributed by atoms with E-state index in [0.29, 0.717) is 12.8 Å². The summed E-state index contributed by atoms with van der Waals surface area (Å²) in [5, 5.41) is 3.38. The number of hydrogen-bond acceptors (Lipinski definition) is 4. The number of rotatable bonds is 2. The van der Waals surface area contributed by atoms with Crippen LogP contribution in [0.2, 0.25) is 0 Å². The lowest BCUT2D eigenvalue weighted by Gasteiger charge is -2.33. The van der Waals surface area contributed by atoms with E-state index >= 15 is 0 Å². The first-order valence-corrected chi connectivity index (χ1v) is 6.19. The summed E-state index contributed by atoms with van der Waals surface area (Å²) in [7, 11) is 0. The van der Waals surface area contributed by atoms with Gasteiger partial charge in [0.05, 0.1) is 0 Å². The number of benzene rings is 1. The molecule has 0 amide bonds. The molecule has 4 heteroatoms. The molecule has 1 unspecified atom stereocenters. The Kier molecular flexibility index (Phi) is 2.91. The van der Waals surface area contributed by atoms with Gasteiger partial charge in [-0.25, -0.2) is 0 Å². The summed E-state index contributed by atoms with van der Waals surface area (Å²) in [6, 6.07) is 6.53. The molecule has 1 fully saturated rings. The van der Waals surface area contributed by atoms with Gasteiger partial charge in [-0.3, -0.25) is 4.90 Å². The Morgan fingerprint density at radius 2 is 2.06 bits per heavy atom. The molecule has 17 heavy (non-hydrogen) atoms. The molecule has 0 spiro atoms. The van der Waals surface area contributed by atoms with Crippen molar-refractivity contribution in [3.8, 4) is 11.5 Å². The fourth-order valence-corrected chi connectivity index (χ4v) is 2.55. The first kappa shape index (κ1) is 10.9. The van der Waals surface area contributed by atoms with Gasteiger partial charge in [-0.05, 0) is 13.0 Å². The third-order valence-corrected chi connectivity index (χ3v) is 3.58. The van der Waals surface area contributed by atoms with Crippen molar-refractivity contribution in [1.29, 1.82) is 0 Å². The van der Waals surface area contributed by atoms with Crippen molar-refractivity contribution in [3.63, 3.8) is 0 Å². The fraction of sp³-hybridized carbons (Fsp3) is 0.538. The minimum atomic E-state index is 0.348. The number of nitrogens with zero attached hydrogens (tertiary/aromatic N) is 1. The van der Waals surface area contributed by atoms with E-state index in [9.17, 15) is 0 Å². The molecule has 1 N–H and O–H groups in total. The van der Waals surface area contributed by atoms with E-state index in [1.807, 2.05) is 12.1 Å². The third kappa shape index (κ3) is 1.98. The second-order valence-corrected chi connectivity index (χ2v) is 4.54. The molecule has 0 radical (unpaired) electrons. The van der Waals surface area contributed by atoms with E-state index in [4.69, 9.17) is 9.47 Å². The number of piperazine rings is 1. The maximum atomic E-state index is 5.58. The third-order valence-electron chi connectivity index (χ3n) is 3.58. The first-order chi connectivity index (χ1) is 8.36. The van der Waals surface area contributed by atoms with Gasteiger partial charge in [0.2, 0.25) is 6.79 Å². The number of nitrogens with one attached hydrogen (secondary N) is 1. The fourth-order valence-electron chi connectivity index (χ4n) is 2.55. The summed E-state index contributed by atoms with van der Waals surface area (Å²) in [5.41, 5.74) is 1.24. The minimum Gasteiger partial charge on any atom is -0.454 e. The zero-order valence-corrected chi connectivity index (χ0v) is 10.1. The smallest absolute Gasteiger partial charge is 0.231 e. The second-order valence-electron chi connectivity index (χ2n) is 4.54. The summed E-state index contributed by atoms with van der Waals surface area (Å²) < 4.78 is 11.0. The number of hydrogen-bond donors (Lipinski definition) is 1. The van der Waals surface area contributed by atoms with Gasteiger partial charge in [0.25, 0.3) is 0 Å². The maximum Gasteiger partial charge on any atom is 0.231 e. The molecule has 1 aromatic rings. The first-order valence-electron chi connectivity index (χ1n) is 6.19. The molecular weight excluding hydrogens is 216 g/mol. The van der Waals surface area contributed by atoms with Crippen LogP contribution in [0.1, 0.15) is 18.5 Å². The highest BCUT2D eigenvalue weighted by molar-refractivity contribution is 5.49. The minimum absolute atomic E-state index is 0.348. The maximum absolute atomic E-state index is 5.58. The zero-order chi connectivity index (χ0) is 11.7. The topological polar surface area (TPSA) is 33.7 Å². The van der Waals surface area contributed by atoms with Crippen LogP contribution in [0, 0.1) is 0 Å². The van der Waals surface area contributed by atoms with Gasteiger partial charge in [-0.15, -0.1) is 0 Å². The Bertz CT molecular complexity index is 402. The molecule has 2 aliphatic rings. The van der Waals surface area contributed by atoms with E-state index < -0.39 is 0 Å². The molecule has 1 saturated heterocycles. The zero-order valence-electron chi connectivity index (χ0n) is 10.1. The Morgan fingerprint density at radius 3 is 2.88 bits per heavy atom. The molecule has 0 saturated carbocycles. The number of fused-ring (bicyclic) bond motifs is 1. The lowest BCUT2D eigenvalue weighted by molar-refractivity contribution is 0.163. The lowest BCUT2D eigenvalue weighted by Crippen LogP contribution is -2.44. The Labute approximate surface area is 102 Å². The molecule has 2 aliphatic heterocycles. The van der Waals surface area contributed by atoms with Crippen molar-refractivity contribution in [2.24, 2.45) is 0 Å². The molecule has 92 valence electrons. The van der Waals surface area contributed by atoms with Gasteiger partial charge < -0.3 is 14.8 Å². The van der Waals surface area contributed by atoms with Crippen LogP contribution in [0.5, 0.6) is 11.5 Å². The van der Waals surface area contributed by atoms with E-state index in [1.165, 1.54) is 5.56 Å². The van der Waals surface area contributed by atoms with Crippen LogP contribution >= 0.6 is 0 Å². The van der Waals surface area contributed by atoms with Gasteiger partial charge in [0.1, 0.15) is 0 Å². The van der Waals surface area contributed by atoms with Crippen molar-refractivity contribution >= 4 is 0 Å². The van der Waals surface area contributed by atoms with E-state index in [1.54, 1.807) is 0 Å². The van der Waals surface area contributed by atoms with Crippen LogP contribution in [0.4, 0.5) is 0 Å². The van der Waals surface area contributed by atoms with Crippen molar-refractivity contribution in [2.45, 2.75) is 13.0 Å². The predicted octanol–water partition coefficient (Wildman–Crippen LogP) is 1.38. The SMILES string of the molecule is CC(c1cccc2c1OCO2)N1CCNCC1. The van der Waals surface area contributed by atoms with Gasteiger partial charge in [0.15, 0.2) is 11.5 Å². The second kappa shape index (κ2) is 4.55. The van der Waals surface area contributed by atoms with Gasteiger partial charge in [-0.2, -0.15) is 0 Å². The summed E-state index contributed by atoms with van der Waals surface area (Å²) in [4.78, 5) is 2.48. The quantitative estimate of drug-likeness (QED) is 0.838. The normalized spacial score (nSPS) is 21.5. The average Bonchev–Trinajstić information content (AvgIpc) is 2.87. The van der Waals surface area contributed by atoms with Crippen LogP contribution in [-0.2, 0) is 0 Å². The molecule has 1 atom stereocenters. The van der Waals surface area contributed by atoms with Gasteiger partial charge in [0, 0.05) is 37.8 Å². The van der Waals surface area contributed by atoms with Crippen LogP contribution in [-0.4, -0.2) is 37.9 Å². The molecule has 0 aromatic heterocycles. The van der Waals surface area contributed by atoms with Gasteiger partial charge >= 0.3 is 0 Å². The Morgan fingerprint density at radius 1 is 1.24 bits per heavy atom. The van der Waals surface area contributed by atoms with E-state index in [2.05, 4.69) is 23.2 Å². The number of ether oxygens (including phenoxy) is 2. The van der Waals surface area contributed by atoms with E-state index in [-0.39, 0.29) is 0 Å². The monoisotopic (exact) mass is 234 g/mol. The Hall–Kier alpha value is -1.26. The summed E-state index contributed by atoms with van der Waals surface area (Å²) in [5.74, 6) is 1.81. The molecule has 2 heterocycles. The molecular formula is C13H18N2O2. The summed E-state index contributed by atoms with van der Waals surface area (Å²) in [6.45, 7) is 6.90. The van der Waals surface area contributed by atoms with Crippen molar-refractivity contribution < 1.29 is 9.47 Å². The lowest BCUT2D eigenvalue weighted by atomic mass is 10.0. The molecule has 1 aromatic carbocycles. The van der Waals surface area contributed by atoms with Gasteiger partial charge in [-0.1, -0.05) is 12.1 Å². The Balaban J connectivity index is 1.85. The van der Waals surface area contributed by atoms with Crippen molar-refractivity contribution in [3.05, 3.63) is 23.8 Å². The molecule has 4 nitrogen and oxygen atoms in total. The molecule has 0 bridgehead atoms. The van der Waals surface area contributed by atoms with Crippen LogP contribution in [0.15, 0.2) is 18.2 Å². The van der Waals surface area contributed by atoms with Crippen LogP contribution in [0.3, 0.4) is 0 Å². The predicted molar refractivity (Wildman–Crippen MR) is 65.4 cm³/mol. The highest BCUT2D eigenvalue weighted by Crippen LogP contribution is 2.39. The highest BCUT2D eigenvalue weighted by atomic mass is 16.7. The van der Waals surface area contributed by atoms with Crippen LogP contribution in [0.25, 0.3) is 0 Å². The highest BCUT2D eigenvalue weighted by Gasteiger charge is 2.25. The molecule has 3 rings (SSSR count). The van der Waals surface area contributed by atoms with Crippen molar-refractivity contribution in [2.75, 3.05) is 33.0 Å². The number of para-hydroxylation sites is 1. The van der Waals surface area contributed by atoms with Crippen LogP contribution < -0.4 is 14.8 Å². The largest absolute Gasteiger partial charge is 0.454 e. The van der Waals surface area contributed by atoms with Crippen molar-refractivity contribution in [1.82, 2.24) is 10.2 Å². The average molecular weight is 234 g/mol. The summed E-state index contributed by atoms with van der Waals surface area (Å²) in [6.07, 6.45) is 0. The van der Waals surface area contributed by atoms with E-state index in [0.717, 1.165) is 37.7 Å².